The molecular formula is C22H29N5O5S. The highest BCUT2D eigenvalue weighted by atomic mass is 32.3. The number of piperazine rings is 1. The van der Waals surface area contributed by atoms with E-state index in [2.05, 4.69) is 45.6 Å². The summed E-state index contributed by atoms with van der Waals surface area (Å²) in [7, 11) is 0.955. The van der Waals surface area contributed by atoms with Crippen LogP contribution < -0.4 is 5.32 Å². The van der Waals surface area contributed by atoms with Crippen molar-refractivity contribution in [2.75, 3.05) is 53.9 Å². The number of aromatic nitrogens is 1. The lowest BCUT2D eigenvalue weighted by molar-refractivity contribution is -0.894. The van der Waals surface area contributed by atoms with Gasteiger partial charge in [0.2, 0.25) is 10.4 Å². The van der Waals surface area contributed by atoms with Crippen LogP contribution in [0.2, 0.25) is 0 Å². The van der Waals surface area contributed by atoms with Crippen molar-refractivity contribution in [2.45, 2.75) is 6.42 Å². The number of carbonyl (C=O) groups excluding carboxylic acids is 1. The maximum atomic E-state index is 12.3. The van der Waals surface area contributed by atoms with Gasteiger partial charge in [-0.1, -0.05) is 6.07 Å². The van der Waals surface area contributed by atoms with Crippen molar-refractivity contribution in [3.63, 3.8) is 0 Å². The monoisotopic (exact) mass is 475 g/mol. The van der Waals surface area contributed by atoms with Gasteiger partial charge in [0.15, 0.2) is 5.78 Å². The molecule has 0 aliphatic carbocycles. The van der Waals surface area contributed by atoms with E-state index in [0.717, 1.165) is 61.4 Å². The maximum absolute atomic E-state index is 12.3. The summed E-state index contributed by atoms with van der Waals surface area (Å²) in [5.74, 6) is 0.0662. The molecule has 0 atom stereocenters. The molecule has 0 bridgehead atoms. The molecule has 1 saturated heterocycles. The summed E-state index contributed by atoms with van der Waals surface area (Å²) < 4.78 is 32.1. The highest BCUT2D eigenvalue weighted by Gasteiger charge is 2.26. The van der Waals surface area contributed by atoms with Crippen molar-refractivity contribution in [3.8, 4) is 0 Å². The van der Waals surface area contributed by atoms with Crippen LogP contribution in [0.3, 0.4) is 0 Å². The summed E-state index contributed by atoms with van der Waals surface area (Å²) in [6.45, 7) is 5.11. The normalized spacial score (nSPS) is 20.4. The van der Waals surface area contributed by atoms with Crippen LogP contribution in [0.25, 0.3) is 0 Å². The average molecular weight is 476 g/mol. The number of rotatable bonds is 4. The molecule has 3 aliphatic rings. The number of aliphatic imine (C=N–C) groups is 1. The molecule has 0 spiro atoms. The molecule has 10 nitrogen and oxygen atoms in total. The van der Waals surface area contributed by atoms with Crippen molar-refractivity contribution >= 4 is 21.9 Å². The predicted octanol–water partition coefficient (Wildman–Crippen LogP) is 0.583. The van der Waals surface area contributed by atoms with Gasteiger partial charge in [-0.25, -0.2) is 13.4 Å². The summed E-state index contributed by atoms with van der Waals surface area (Å²) in [5.41, 5.74) is 4.32. The largest absolute Gasteiger partial charge is 0.726 e. The van der Waals surface area contributed by atoms with E-state index in [1.807, 2.05) is 18.2 Å². The molecule has 1 N–H and O–H groups in total. The lowest BCUT2D eigenvalue weighted by Crippen LogP contribution is -2.54. The second kappa shape index (κ2) is 10.4. The minimum Gasteiger partial charge on any atom is -0.726 e. The third-order valence-corrected chi connectivity index (χ3v) is 5.96. The second-order valence-electron chi connectivity index (χ2n) is 8.46. The Labute approximate surface area is 194 Å². The number of hydrogen-bond donors (Lipinski definition) is 1. The van der Waals surface area contributed by atoms with E-state index in [0.29, 0.717) is 12.1 Å². The Balaban J connectivity index is 0.000000454. The summed E-state index contributed by atoms with van der Waals surface area (Å²) in [6.07, 6.45) is 8.01. The van der Waals surface area contributed by atoms with Crippen LogP contribution in [0, 0.1) is 0 Å². The minimum atomic E-state index is -4.41. The Hall–Kier alpha value is -2.86. The molecule has 0 amide bonds. The molecule has 1 aromatic rings. The molecular weight excluding hydrogens is 446 g/mol. The van der Waals surface area contributed by atoms with Crippen molar-refractivity contribution in [1.82, 2.24) is 15.2 Å². The van der Waals surface area contributed by atoms with Gasteiger partial charge in [0.05, 0.1) is 76.6 Å². The number of nitrogens with zero attached hydrogens (tertiary/aromatic N) is 4. The van der Waals surface area contributed by atoms with Gasteiger partial charge in [-0.15, -0.1) is 0 Å². The molecule has 4 heterocycles. The standard InChI is InChI=1S/C21H26N5O.CH4O4S/c1-26(2)11-9-25(10-12-26)16-6-8-23-19(13-16)21-15-17(27)14-20(24-21)18-5-3-4-7-22-18;1-5-6(2,3)4/h3-7,13,15,23H,8-12,14H2,1-2H3;1H3,(H,2,3,4)/q+1;/p-1. The first-order valence-electron chi connectivity index (χ1n) is 10.5. The molecule has 0 unspecified atom stereocenters. The molecule has 3 aliphatic heterocycles. The van der Waals surface area contributed by atoms with Gasteiger partial charge in [-0.05, 0) is 24.3 Å². The number of carbonyl (C=O) groups is 1. The topological polar surface area (TPSA) is 124 Å². The number of ketones is 1. The molecule has 0 aromatic carbocycles. The van der Waals surface area contributed by atoms with Crippen LogP contribution in [0.4, 0.5) is 0 Å². The molecule has 1 aromatic heterocycles. The van der Waals surface area contributed by atoms with Crippen LogP contribution >= 0.6 is 0 Å². The Morgan fingerprint density at radius 2 is 1.88 bits per heavy atom. The van der Waals surface area contributed by atoms with Gasteiger partial charge in [0.1, 0.15) is 0 Å². The highest BCUT2D eigenvalue weighted by Crippen LogP contribution is 2.23. The number of allylic oxidation sites excluding steroid dienone is 2. The summed E-state index contributed by atoms with van der Waals surface area (Å²) >= 11 is 0. The zero-order valence-electron chi connectivity index (χ0n) is 19.0. The Kier molecular flexibility index (Phi) is 7.80. The van der Waals surface area contributed by atoms with Crippen molar-refractivity contribution in [2.24, 2.45) is 4.99 Å². The molecule has 11 heteroatoms. The lowest BCUT2D eigenvalue weighted by atomic mass is 10.0. The van der Waals surface area contributed by atoms with Crippen LogP contribution in [-0.4, -0.2) is 92.8 Å². The van der Waals surface area contributed by atoms with Crippen LogP contribution in [-0.2, 0) is 19.4 Å². The van der Waals surface area contributed by atoms with E-state index < -0.39 is 10.4 Å². The molecule has 178 valence electrons. The first-order chi connectivity index (χ1) is 15.6. The molecule has 33 heavy (non-hydrogen) atoms. The zero-order valence-corrected chi connectivity index (χ0v) is 19.8. The van der Waals surface area contributed by atoms with Crippen LogP contribution in [0.15, 0.2) is 64.7 Å². The van der Waals surface area contributed by atoms with Crippen LogP contribution in [0.5, 0.6) is 0 Å². The number of pyridine rings is 1. The average Bonchev–Trinajstić information content (AvgIpc) is 2.79. The fraction of sp³-hybridized carbons (Fsp3) is 0.409. The minimum absolute atomic E-state index is 0.0662. The highest BCUT2D eigenvalue weighted by molar-refractivity contribution is 7.80. The lowest BCUT2D eigenvalue weighted by Gasteiger charge is -2.41. The first-order valence-corrected chi connectivity index (χ1v) is 11.9. The van der Waals surface area contributed by atoms with Gasteiger partial charge in [0, 0.05) is 24.5 Å². The van der Waals surface area contributed by atoms with Gasteiger partial charge >= 0.3 is 0 Å². The third kappa shape index (κ3) is 7.32. The Bertz CT molecular complexity index is 1100. The number of likely N-dealkylation sites (N-methyl/N-ethyl adjacent to an activating group) is 1. The summed E-state index contributed by atoms with van der Waals surface area (Å²) in [6, 6.07) is 5.69. The predicted molar refractivity (Wildman–Crippen MR) is 123 cm³/mol. The maximum Gasteiger partial charge on any atom is 0.217 e. The van der Waals surface area contributed by atoms with E-state index in [-0.39, 0.29) is 5.78 Å². The molecule has 0 saturated carbocycles. The van der Waals surface area contributed by atoms with Crippen molar-refractivity contribution in [1.29, 1.82) is 0 Å². The first kappa shape index (κ1) is 24.8. The van der Waals surface area contributed by atoms with Gasteiger partial charge in [-0.3, -0.25) is 14.0 Å². The van der Waals surface area contributed by atoms with Crippen molar-refractivity contribution in [3.05, 3.63) is 65.4 Å². The number of quaternary nitrogens is 1. The smallest absolute Gasteiger partial charge is 0.217 e. The fourth-order valence-electron chi connectivity index (χ4n) is 3.58. The number of nitrogens with one attached hydrogen (secondary N) is 1. The third-order valence-electron chi connectivity index (χ3n) is 5.55. The SMILES string of the molecule is COS(=O)(=O)[O-].C[N+]1(C)CCN(C2=CCNC(C3=CC(=O)CC(c4ccccn4)=N3)=C2)CC1. The summed E-state index contributed by atoms with van der Waals surface area (Å²) in [5, 5.41) is 3.37. The molecule has 0 radical (unpaired) electrons. The van der Waals surface area contributed by atoms with E-state index in [9.17, 15) is 17.8 Å². The Morgan fingerprint density at radius 1 is 1.18 bits per heavy atom. The molecule has 4 rings (SSSR count). The Morgan fingerprint density at radius 3 is 2.48 bits per heavy atom. The van der Waals surface area contributed by atoms with E-state index in [1.54, 1.807) is 12.3 Å². The van der Waals surface area contributed by atoms with E-state index in [1.165, 1.54) is 5.70 Å². The zero-order chi connectivity index (χ0) is 24.1. The van der Waals surface area contributed by atoms with Crippen molar-refractivity contribution < 1.29 is 26.4 Å². The van der Waals surface area contributed by atoms with E-state index >= 15 is 0 Å². The molecule has 1 fully saturated rings. The van der Waals surface area contributed by atoms with Gasteiger partial charge in [0.25, 0.3) is 0 Å². The van der Waals surface area contributed by atoms with Gasteiger partial charge < -0.3 is 19.3 Å². The number of hydrogen-bond acceptors (Lipinski definition) is 9. The quantitative estimate of drug-likeness (QED) is 0.381. The van der Waals surface area contributed by atoms with Gasteiger partial charge in [-0.2, -0.15) is 0 Å². The summed E-state index contributed by atoms with van der Waals surface area (Å²) in [4.78, 5) is 23.8. The second-order valence-corrected chi connectivity index (χ2v) is 9.61. The number of dihydropyridines is 1. The van der Waals surface area contributed by atoms with E-state index in [4.69, 9.17) is 4.99 Å². The van der Waals surface area contributed by atoms with Crippen LogP contribution in [0.1, 0.15) is 12.1 Å². The fourth-order valence-corrected chi connectivity index (χ4v) is 3.58.